The molecule has 1 aromatic heterocycles. The van der Waals surface area contributed by atoms with Gasteiger partial charge in [0, 0.05) is 51.9 Å². The van der Waals surface area contributed by atoms with E-state index in [1.807, 2.05) is 12.3 Å². The van der Waals surface area contributed by atoms with E-state index in [0.29, 0.717) is 5.11 Å². The predicted octanol–water partition coefficient (Wildman–Crippen LogP) is 0.394. The Bertz CT molecular complexity index is 627. The van der Waals surface area contributed by atoms with E-state index in [1.165, 1.54) is 5.56 Å². The monoisotopic (exact) mass is 348 g/mol. The lowest BCUT2D eigenvalue weighted by Gasteiger charge is -2.35. The maximum Gasteiger partial charge on any atom is 0.189 e. The summed E-state index contributed by atoms with van der Waals surface area (Å²) in [5, 5.41) is 17.6. The normalized spacial score (nSPS) is 19.8. The highest BCUT2D eigenvalue weighted by atomic mass is 32.1. The smallest absolute Gasteiger partial charge is 0.189 e. The van der Waals surface area contributed by atoms with E-state index in [1.54, 1.807) is 0 Å². The number of hydrazone groups is 1. The number of hydrogen-bond donors (Lipinski definition) is 3. The molecule has 24 heavy (non-hydrogen) atoms. The lowest BCUT2D eigenvalue weighted by atomic mass is 10.0. The van der Waals surface area contributed by atoms with Gasteiger partial charge in [-0.15, -0.1) is 0 Å². The molecule has 0 saturated carbocycles. The van der Waals surface area contributed by atoms with Gasteiger partial charge in [0.2, 0.25) is 0 Å². The van der Waals surface area contributed by atoms with Gasteiger partial charge in [-0.05, 0) is 30.8 Å². The number of nitrogens with zero attached hydrogens (tertiary/aromatic N) is 4. The minimum atomic E-state index is 0.205. The fourth-order valence-corrected chi connectivity index (χ4v) is 3.26. The third-order valence-electron chi connectivity index (χ3n) is 4.46. The van der Waals surface area contributed by atoms with Crippen molar-refractivity contribution in [3.05, 3.63) is 23.5 Å². The molecule has 7 nitrogen and oxygen atoms in total. The molecule has 0 radical (unpaired) electrons. The number of aliphatic hydroxyl groups excluding tert-OH is 1. The third kappa shape index (κ3) is 3.82. The Morgan fingerprint density at radius 1 is 1.42 bits per heavy atom. The number of β-amino-alcohol motifs (C(OH)–C–C–N with tert-alkyl or cyclic N) is 1. The van der Waals surface area contributed by atoms with Crippen molar-refractivity contribution >= 4 is 28.7 Å². The second-order valence-corrected chi connectivity index (χ2v) is 6.44. The standard InChI is InChI=1S/C16H24N6OS/c1-12-2-4-18-15-13(3-5-17-14(12)15)19-20-16(24)22-8-6-21(7-9-22)10-11-23/h2,4,17,23H,3,5-11H2,1H3,(H,20,24)/b19-13-. The third-order valence-corrected chi connectivity index (χ3v) is 4.81. The molecule has 0 bridgehead atoms. The number of nitrogens with one attached hydrogen (secondary N) is 2. The van der Waals surface area contributed by atoms with Crippen LogP contribution in [0.2, 0.25) is 0 Å². The van der Waals surface area contributed by atoms with E-state index in [2.05, 4.69) is 37.6 Å². The quantitative estimate of drug-likeness (QED) is 0.539. The van der Waals surface area contributed by atoms with Gasteiger partial charge in [-0.1, -0.05) is 0 Å². The lowest BCUT2D eigenvalue weighted by Crippen LogP contribution is -2.51. The van der Waals surface area contributed by atoms with Crippen molar-refractivity contribution in [2.45, 2.75) is 13.3 Å². The zero-order chi connectivity index (χ0) is 16.9. The molecule has 2 aliphatic heterocycles. The maximum atomic E-state index is 9.00. The molecule has 0 aliphatic carbocycles. The molecule has 3 N–H and O–H groups in total. The zero-order valence-electron chi connectivity index (χ0n) is 14.0. The van der Waals surface area contributed by atoms with Crippen LogP contribution in [0.1, 0.15) is 17.7 Å². The van der Waals surface area contributed by atoms with E-state index < -0.39 is 0 Å². The van der Waals surface area contributed by atoms with Crippen molar-refractivity contribution in [3.8, 4) is 0 Å². The van der Waals surface area contributed by atoms with Gasteiger partial charge in [-0.2, -0.15) is 5.10 Å². The molecule has 1 saturated heterocycles. The number of hydrogen-bond acceptors (Lipinski definition) is 6. The molecular formula is C16H24N6OS. The topological polar surface area (TPSA) is 76.0 Å². The van der Waals surface area contributed by atoms with E-state index in [0.717, 1.165) is 62.8 Å². The fourth-order valence-electron chi connectivity index (χ4n) is 3.04. The Morgan fingerprint density at radius 3 is 2.96 bits per heavy atom. The number of aliphatic hydroxyl groups is 1. The lowest BCUT2D eigenvalue weighted by molar-refractivity contribution is 0.146. The maximum absolute atomic E-state index is 9.00. The van der Waals surface area contributed by atoms with Crippen LogP contribution in [-0.4, -0.2) is 76.6 Å². The largest absolute Gasteiger partial charge is 0.395 e. The molecule has 1 fully saturated rings. The van der Waals surface area contributed by atoms with Crippen LogP contribution >= 0.6 is 12.2 Å². The second-order valence-electron chi connectivity index (χ2n) is 6.06. The van der Waals surface area contributed by atoms with Gasteiger partial charge in [0.1, 0.15) is 5.69 Å². The first-order valence-corrected chi connectivity index (χ1v) is 8.74. The molecule has 8 heteroatoms. The summed E-state index contributed by atoms with van der Waals surface area (Å²) in [6.45, 7) is 7.38. The van der Waals surface area contributed by atoms with Crippen LogP contribution in [0, 0.1) is 6.92 Å². The molecule has 0 unspecified atom stereocenters. The average Bonchev–Trinajstić information content (AvgIpc) is 2.61. The molecular weight excluding hydrogens is 324 g/mol. The number of fused-ring (bicyclic) bond motifs is 1. The Kier molecular flexibility index (Phi) is 5.60. The number of rotatable bonds is 3. The van der Waals surface area contributed by atoms with E-state index in [4.69, 9.17) is 17.3 Å². The van der Waals surface area contributed by atoms with Crippen molar-refractivity contribution in [1.82, 2.24) is 20.2 Å². The van der Waals surface area contributed by atoms with Gasteiger partial charge in [0.15, 0.2) is 5.11 Å². The molecule has 1 aromatic rings. The number of piperazine rings is 1. The molecule has 2 aliphatic rings. The van der Waals surface area contributed by atoms with Crippen molar-refractivity contribution in [1.29, 1.82) is 0 Å². The zero-order valence-corrected chi connectivity index (χ0v) is 14.8. The number of anilines is 1. The summed E-state index contributed by atoms with van der Waals surface area (Å²) < 4.78 is 0. The van der Waals surface area contributed by atoms with Crippen LogP contribution < -0.4 is 10.7 Å². The van der Waals surface area contributed by atoms with Crippen LogP contribution in [0.25, 0.3) is 0 Å². The summed E-state index contributed by atoms with van der Waals surface area (Å²) in [4.78, 5) is 8.82. The van der Waals surface area contributed by atoms with Gasteiger partial charge in [-0.25, -0.2) is 0 Å². The number of thiocarbonyl (C=S) groups is 1. The molecule has 3 rings (SSSR count). The van der Waals surface area contributed by atoms with Gasteiger partial charge >= 0.3 is 0 Å². The highest BCUT2D eigenvalue weighted by molar-refractivity contribution is 7.80. The molecule has 0 spiro atoms. The highest BCUT2D eigenvalue weighted by Gasteiger charge is 2.20. The number of pyridine rings is 1. The van der Waals surface area contributed by atoms with Crippen molar-refractivity contribution in [2.24, 2.45) is 5.10 Å². The van der Waals surface area contributed by atoms with E-state index in [-0.39, 0.29) is 6.61 Å². The summed E-state index contributed by atoms with van der Waals surface area (Å²) in [6.07, 6.45) is 2.64. The first-order valence-electron chi connectivity index (χ1n) is 8.33. The summed E-state index contributed by atoms with van der Waals surface area (Å²) in [5.41, 5.74) is 7.12. The van der Waals surface area contributed by atoms with Crippen LogP contribution in [0.4, 0.5) is 5.69 Å². The fraction of sp³-hybridized carbons (Fsp3) is 0.562. The SMILES string of the molecule is Cc1ccnc2c1NCC/C2=N/NC(=S)N1CCN(CCO)CC1. The Labute approximate surface area is 147 Å². The van der Waals surface area contributed by atoms with Gasteiger partial charge < -0.3 is 15.3 Å². The number of aryl methyl sites for hydroxylation is 1. The van der Waals surface area contributed by atoms with Crippen LogP contribution in [-0.2, 0) is 0 Å². The minimum Gasteiger partial charge on any atom is -0.395 e. The summed E-state index contributed by atoms with van der Waals surface area (Å²) >= 11 is 5.47. The highest BCUT2D eigenvalue weighted by Crippen LogP contribution is 2.23. The first kappa shape index (κ1) is 17.1. The Balaban J connectivity index is 1.61. The summed E-state index contributed by atoms with van der Waals surface area (Å²) in [7, 11) is 0. The molecule has 0 aromatic carbocycles. The van der Waals surface area contributed by atoms with Crippen LogP contribution in [0.15, 0.2) is 17.4 Å². The summed E-state index contributed by atoms with van der Waals surface area (Å²) in [5.74, 6) is 0. The molecule has 0 amide bonds. The Hall–Kier alpha value is -1.77. The van der Waals surface area contributed by atoms with Crippen molar-refractivity contribution < 1.29 is 5.11 Å². The second kappa shape index (κ2) is 7.87. The van der Waals surface area contributed by atoms with Crippen LogP contribution in [0.3, 0.4) is 0 Å². The van der Waals surface area contributed by atoms with Crippen LogP contribution in [0.5, 0.6) is 0 Å². The minimum absolute atomic E-state index is 0.205. The van der Waals surface area contributed by atoms with Crippen molar-refractivity contribution in [2.75, 3.05) is 51.2 Å². The summed E-state index contributed by atoms with van der Waals surface area (Å²) in [6, 6.07) is 2.00. The molecule has 3 heterocycles. The van der Waals surface area contributed by atoms with Gasteiger partial charge in [-0.3, -0.25) is 15.3 Å². The van der Waals surface area contributed by atoms with Crippen molar-refractivity contribution in [3.63, 3.8) is 0 Å². The van der Waals surface area contributed by atoms with Gasteiger partial charge in [0.25, 0.3) is 0 Å². The van der Waals surface area contributed by atoms with Gasteiger partial charge in [0.05, 0.1) is 18.0 Å². The molecule has 130 valence electrons. The number of aromatic nitrogens is 1. The Morgan fingerprint density at radius 2 is 2.21 bits per heavy atom. The molecule has 0 atom stereocenters. The first-order chi connectivity index (χ1) is 11.7. The average molecular weight is 348 g/mol. The predicted molar refractivity (Wildman–Crippen MR) is 99.5 cm³/mol. The van der Waals surface area contributed by atoms with E-state index >= 15 is 0 Å². The van der Waals surface area contributed by atoms with E-state index in [9.17, 15) is 0 Å².